The molecule has 136 valence electrons. The van der Waals surface area contributed by atoms with Gasteiger partial charge in [-0.05, 0) is 25.1 Å². The minimum Gasteiger partial charge on any atom is -0.497 e. The van der Waals surface area contributed by atoms with Crippen LogP contribution in [0, 0.1) is 0 Å². The third kappa shape index (κ3) is 4.42. The van der Waals surface area contributed by atoms with Crippen molar-refractivity contribution in [3.63, 3.8) is 0 Å². The molecule has 0 radical (unpaired) electrons. The first-order valence-corrected chi connectivity index (χ1v) is 8.11. The van der Waals surface area contributed by atoms with Gasteiger partial charge >= 0.3 is 0 Å². The van der Waals surface area contributed by atoms with E-state index < -0.39 is 0 Å². The summed E-state index contributed by atoms with van der Waals surface area (Å²) in [6.45, 7) is 5.99. The number of carbonyl (C=O) groups is 1. The highest BCUT2D eigenvalue weighted by Gasteiger charge is 2.15. The number of methoxy groups -OCH3 is 2. The molecule has 0 bridgehead atoms. The standard InChI is InChI=1S/C20H23N3O3/c1-5-11-23(6-2)18-14-21-10-9-17(18)20(24)22-13-15-7-8-16(25-3)12-19(15)26-4/h5-12,14H,2,13H2,1,3-4H3,(H,22,24)/b11-5-. The molecule has 1 aromatic carbocycles. The second-order valence-corrected chi connectivity index (χ2v) is 5.33. The van der Waals surface area contributed by atoms with Crippen LogP contribution in [0.1, 0.15) is 22.8 Å². The molecule has 2 aromatic rings. The largest absolute Gasteiger partial charge is 0.497 e. The van der Waals surface area contributed by atoms with Crippen LogP contribution in [-0.2, 0) is 6.54 Å². The van der Waals surface area contributed by atoms with Gasteiger partial charge < -0.3 is 19.7 Å². The Kier molecular flexibility index (Phi) is 6.79. The van der Waals surface area contributed by atoms with Crippen LogP contribution in [0.2, 0.25) is 0 Å². The Labute approximate surface area is 153 Å². The highest BCUT2D eigenvalue weighted by molar-refractivity contribution is 5.99. The van der Waals surface area contributed by atoms with E-state index in [9.17, 15) is 4.79 Å². The van der Waals surface area contributed by atoms with E-state index >= 15 is 0 Å². The summed E-state index contributed by atoms with van der Waals surface area (Å²) in [5.74, 6) is 1.14. The van der Waals surface area contributed by atoms with Gasteiger partial charge in [0.25, 0.3) is 5.91 Å². The van der Waals surface area contributed by atoms with Gasteiger partial charge in [-0.2, -0.15) is 0 Å². The number of benzene rings is 1. The third-order valence-corrected chi connectivity index (χ3v) is 3.76. The maximum atomic E-state index is 12.7. The molecule has 0 aliphatic rings. The van der Waals surface area contributed by atoms with Crippen molar-refractivity contribution in [2.45, 2.75) is 13.5 Å². The van der Waals surface area contributed by atoms with Crippen LogP contribution >= 0.6 is 0 Å². The van der Waals surface area contributed by atoms with E-state index in [1.54, 1.807) is 49.8 Å². The lowest BCUT2D eigenvalue weighted by atomic mass is 10.1. The molecule has 1 heterocycles. The number of pyridine rings is 1. The predicted octanol–water partition coefficient (Wildman–Crippen LogP) is 3.51. The number of hydrogen-bond donors (Lipinski definition) is 1. The van der Waals surface area contributed by atoms with Crippen LogP contribution in [-0.4, -0.2) is 25.1 Å². The van der Waals surface area contributed by atoms with Gasteiger partial charge in [0.2, 0.25) is 0 Å². The van der Waals surface area contributed by atoms with Crippen LogP contribution in [0.3, 0.4) is 0 Å². The number of anilines is 1. The molecule has 1 N–H and O–H groups in total. The number of carbonyl (C=O) groups excluding carboxylic acids is 1. The average Bonchev–Trinajstić information content (AvgIpc) is 2.70. The molecule has 6 heteroatoms. The van der Waals surface area contributed by atoms with Crippen molar-refractivity contribution >= 4 is 11.6 Å². The molecular weight excluding hydrogens is 330 g/mol. The minimum atomic E-state index is -0.211. The Morgan fingerprint density at radius 3 is 2.77 bits per heavy atom. The summed E-state index contributed by atoms with van der Waals surface area (Å²) >= 11 is 0. The summed E-state index contributed by atoms with van der Waals surface area (Å²) in [6.07, 6.45) is 8.51. The number of nitrogens with zero attached hydrogens (tertiary/aromatic N) is 2. The zero-order valence-electron chi connectivity index (χ0n) is 15.2. The Hall–Kier alpha value is -3.28. The summed E-state index contributed by atoms with van der Waals surface area (Å²) < 4.78 is 10.6. The molecule has 6 nitrogen and oxygen atoms in total. The van der Waals surface area contributed by atoms with Crippen LogP contribution in [0.25, 0.3) is 0 Å². The van der Waals surface area contributed by atoms with Gasteiger partial charge in [0, 0.05) is 36.8 Å². The Bertz CT molecular complexity index is 803. The molecule has 0 aliphatic heterocycles. The molecule has 0 spiro atoms. The fraction of sp³-hybridized carbons (Fsp3) is 0.200. The van der Waals surface area contributed by atoms with Gasteiger partial charge in [0.15, 0.2) is 0 Å². The van der Waals surface area contributed by atoms with Gasteiger partial charge in [0.05, 0.1) is 31.7 Å². The highest BCUT2D eigenvalue weighted by atomic mass is 16.5. The summed E-state index contributed by atoms with van der Waals surface area (Å²) in [6, 6.07) is 7.15. The van der Waals surface area contributed by atoms with Crippen molar-refractivity contribution in [2.75, 3.05) is 19.1 Å². The first kappa shape index (κ1) is 19.1. The van der Waals surface area contributed by atoms with E-state index in [-0.39, 0.29) is 5.91 Å². The number of hydrogen-bond acceptors (Lipinski definition) is 5. The Morgan fingerprint density at radius 2 is 2.12 bits per heavy atom. The molecule has 0 fully saturated rings. The van der Waals surface area contributed by atoms with Gasteiger partial charge in [-0.15, -0.1) is 0 Å². The lowest BCUT2D eigenvalue weighted by Crippen LogP contribution is -2.25. The Balaban J connectivity index is 2.20. The summed E-state index contributed by atoms with van der Waals surface area (Å²) in [5.41, 5.74) is 2.01. The lowest BCUT2D eigenvalue weighted by Gasteiger charge is -2.18. The molecule has 0 saturated heterocycles. The zero-order valence-corrected chi connectivity index (χ0v) is 15.2. The summed E-state index contributed by atoms with van der Waals surface area (Å²) in [7, 11) is 3.18. The number of ether oxygens (including phenoxy) is 2. The minimum absolute atomic E-state index is 0.211. The van der Waals surface area contributed by atoms with E-state index in [0.717, 1.165) is 5.56 Å². The van der Waals surface area contributed by atoms with Gasteiger partial charge in [-0.25, -0.2) is 0 Å². The van der Waals surface area contributed by atoms with Gasteiger partial charge in [-0.3, -0.25) is 9.78 Å². The number of aromatic nitrogens is 1. The number of amides is 1. The van der Waals surface area contributed by atoms with Crippen molar-refractivity contribution < 1.29 is 14.3 Å². The number of rotatable bonds is 8. The molecular formula is C20H23N3O3. The van der Waals surface area contributed by atoms with E-state index in [1.165, 1.54) is 0 Å². The van der Waals surface area contributed by atoms with E-state index in [0.29, 0.717) is 29.3 Å². The molecule has 0 saturated carbocycles. The molecule has 1 aromatic heterocycles. The highest BCUT2D eigenvalue weighted by Crippen LogP contribution is 2.25. The SMILES string of the molecule is C=CN(/C=C\C)c1cnccc1C(=O)NCc1ccc(OC)cc1OC. The van der Waals surface area contributed by atoms with Crippen molar-refractivity contribution in [3.8, 4) is 11.5 Å². The molecule has 0 aliphatic carbocycles. The third-order valence-electron chi connectivity index (χ3n) is 3.76. The van der Waals surface area contributed by atoms with Crippen molar-refractivity contribution in [3.05, 3.63) is 72.8 Å². The van der Waals surface area contributed by atoms with E-state index in [4.69, 9.17) is 9.47 Å². The summed E-state index contributed by atoms with van der Waals surface area (Å²) in [4.78, 5) is 18.5. The van der Waals surface area contributed by atoms with Crippen LogP contribution < -0.4 is 19.7 Å². The monoisotopic (exact) mass is 353 g/mol. The second kappa shape index (κ2) is 9.27. The van der Waals surface area contributed by atoms with E-state index in [1.807, 2.05) is 31.3 Å². The molecule has 2 rings (SSSR count). The van der Waals surface area contributed by atoms with Crippen molar-refractivity contribution in [2.24, 2.45) is 0 Å². The Morgan fingerprint density at radius 1 is 1.31 bits per heavy atom. The smallest absolute Gasteiger partial charge is 0.253 e. The van der Waals surface area contributed by atoms with E-state index in [2.05, 4.69) is 16.9 Å². The lowest BCUT2D eigenvalue weighted by molar-refractivity contribution is 0.0951. The first-order chi connectivity index (χ1) is 12.6. The molecule has 0 unspecified atom stereocenters. The molecule has 26 heavy (non-hydrogen) atoms. The van der Waals surface area contributed by atoms with Gasteiger partial charge in [0.1, 0.15) is 11.5 Å². The topological polar surface area (TPSA) is 63.7 Å². The normalized spacial score (nSPS) is 10.4. The number of allylic oxidation sites excluding steroid dienone is 1. The summed E-state index contributed by atoms with van der Waals surface area (Å²) in [5, 5.41) is 2.92. The molecule has 0 atom stereocenters. The van der Waals surface area contributed by atoms with Crippen molar-refractivity contribution in [1.82, 2.24) is 10.3 Å². The second-order valence-electron chi connectivity index (χ2n) is 5.33. The van der Waals surface area contributed by atoms with Crippen LogP contribution in [0.5, 0.6) is 11.5 Å². The maximum absolute atomic E-state index is 12.7. The maximum Gasteiger partial charge on any atom is 0.253 e. The van der Waals surface area contributed by atoms with Crippen LogP contribution in [0.15, 0.2) is 61.7 Å². The van der Waals surface area contributed by atoms with Crippen molar-refractivity contribution in [1.29, 1.82) is 0 Å². The van der Waals surface area contributed by atoms with Gasteiger partial charge in [-0.1, -0.05) is 12.7 Å². The zero-order chi connectivity index (χ0) is 18.9. The average molecular weight is 353 g/mol. The fourth-order valence-electron chi connectivity index (χ4n) is 2.45. The fourth-order valence-corrected chi connectivity index (χ4v) is 2.45. The quantitative estimate of drug-likeness (QED) is 0.787. The molecule has 1 amide bonds. The first-order valence-electron chi connectivity index (χ1n) is 8.11. The van der Waals surface area contributed by atoms with Crippen LogP contribution in [0.4, 0.5) is 5.69 Å². The number of nitrogens with one attached hydrogen (secondary N) is 1. The predicted molar refractivity (Wildman–Crippen MR) is 102 cm³/mol.